The van der Waals surface area contributed by atoms with Crippen molar-refractivity contribution in [2.75, 3.05) is 26.2 Å². The van der Waals surface area contributed by atoms with Crippen LogP contribution in [0.5, 0.6) is 0 Å². The van der Waals surface area contributed by atoms with E-state index in [0.29, 0.717) is 37.2 Å². The predicted molar refractivity (Wildman–Crippen MR) is 97.0 cm³/mol. The van der Waals surface area contributed by atoms with Gasteiger partial charge in [0.1, 0.15) is 0 Å². The lowest BCUT2D eigenvalue weighted by Gasteiger charge is -2.29. The minimum atomic E-state index is -3.46. The Bertz CT molecular complexity index is 689. The quantitative estimate of drug-likeness (QED) is 0.831. The highest BCUT2D eigenvalue weighted by Gasteiger charge is 2.28. The molecule has 0 bridgehead atoms. The summed E-state index contributed by atoms with van der Waals surface area (Å²) in [7, 11) is -3.46. The van der Waals surface area contributed by atoms with Gasteiger partial charge in [0.05, 0.1) is 4.90 Å². The maximum atomic E-state index is 12.7. The molecule has 0 aromatic heterocycles. The first kappa shape index (κ1) is 18.4. The third kappa shape index (κ3) is 4.40. The van der Waals surface area contributed by atoms with E-state index >= 15 is 0 Å². The van der Waals surface area contributed by atoms with E-state index < -0.39 is 10.0 Å². The Hall–Kier alpha value is -1.44. The van der Waals surface area contributed by atoms with Crippen molar-refractivity contribution in [3.8, 4) is 0 Å². The Kier molecular flexibility index (Phi) is 5.76. The van der Waals surface area contributed by atoms with E-state index in [1.807, 2.05) is 0 Å². The van der Waals surface area contributed by atoms with Crippen LogP contribution in [0.1, 0.15) is 43.0 Å². The standard InChI is InChI=1S/C18H27N3O3S/c1-14-8-11-21(12-9-14)25(23,24)17-6-4-15(5-7-17)18(22)20-13-16-3-2-10-19-16/h4-7,14,16,19H,2-3,8-13H2,1H3,(H,20,22). The molecule has 138 valence electrons. The molecular weight excluding hydrogens is 338 g/mol. The Morgan fingerprint density at radius 3 is 2.48 bits per heavy atom. The molecule has 2 fully saturated rings. The highest BCUT2D eigenvalue weighted by atomic mass is 32.2. The third-order valence-corrected chi connectivity index (χ3v) is 7.08. The van der Waals surface area contributed by atoms with Crippen molar-refractivity contribution >= 4 is 15.9 Å². The van der Waals surface area contributed by atoms with Crippen LogP contribution in [0.2, 0.25) is 0 Å². The van der Waals surface area contributed by atoms with Crippen molar-refractivity contribution in [2.45, 2.75) is 43.5 Å². The van der Waals surface area contributed by atoms with Crippen molar-refractivity contribution in [3.63, 3.8) is 0 Å². The number of benzene rings is 1. The molecule has 1 unspecified atom stereocenters. The van der Waals surface area contributed by atoms with Gasteiger partial charge in [-0.3, -0.25) is 4.79 Å². The summed E-state index contributed by atoms with van der Waals surface area (Å²) in [5, 5.41) is 6.24. The van der Waals surface area contributed by atoms with Gasteiger partial charge in [0.15, 0.2) is 0 Å². The molecule has 1 aromatic carbocycles. The summed E-state index contributed by atoms with van der Waals surface area (Å²) in [6.07, 6.45) is 4.01. The summed E-state index contributed by atoms with van der Waals surface area (Å²) in [6.45, 7) is 4.89. The van der Waals surface area contributed by atoms with Gasteiger partial charge in [-0.1, -0.05) is 6.92 Å². The number of nitrogens with one attached hydrogen (secondary N) is 2. The minimum absolute atomic E-state index is 0.163. The molecule has 0 spiro atoms. The molecule has 0 aliphatic carbocycles. The summed E-state index contributed by atoms with van der Waals surface area (Å²) in [5.41, 5.74) is 0.490. The second kappa shape index (κ2) is 7.85. The normalized spacial score (nSPS) is 22.8. The second-order valence-corrected chi connectivity index (χ2v) is 9.05. The highest BCUT2D eigenvalue weighted by Crippen LogP contribution is 2.23. The average Bonchev–Trinajstić information content (AvgIpc) is 3.14. The molecule has 2 aliphatic rings. The zero-order chi connectivity index (χ0) is 17.9. The predicted octanol–water partition coefficient (Wildman–Crippen LogP) is 1.59. The molecule has 0 saturated carbocycles. The maximum absolute atomic E-state index is 12.7. The molecule has 25 heavy (non-hydrogen) atoms. The number of carbonyl (C=O) groups excluding carboxylic acids is 1. The molecule has 2 aliphatic heterocycles. The Balaban J connectivity index is 1.61. The lowest BCUT2D eigenvalue weighted by molar-refractivity contribution is 0.0950. The lowest BCUT2D eigenvalue weighted by atomic mass is 10.0. The molecule has 3 rings (SSSR count). The van der Waals surface area contributed by atoms with E-state index in [9.17, 15) is 13.2 Å². The van der Waals surface area contributed by atoms with Crippen molar-refractivity contribution in [3.05, 3.63) is 29.8 Å². The van der Waals surface area contributed by atoms with Crippen LogP contribution in [0.3, 0.4) is 0 Å². The van der Waals surface area contributed by atoms with Gasteiger partial charge >= 0.3 is 0 Å². The number of carbonyl (C=O) groups is 1. The number of nitrogens with zero attached hydrogens (tertiary/aromatic N) is 1. The van der Waals surface area contributed by atoms with Gasteiger partial charge < -0.3 is 10.6 Å². The number of sulfonamides is 1. The first-order valence-corrected chi connectivity index (χ1v) is 10.5. The van der Waals surface area contributed by atoms with Crippen LogP contribution in [-0.2, 0) is 10.0 Å². The fourth-order valence-corrected chi connectivity index (χ4v) is 4.87. The SMILES string of the molecule is CC1CCN(S(=O)(=O)c2ccc(C(=O)NCC3CCCN3)cc2)CC1. The summed E-state index contributed by atoms with van der Waals surface area (Å²) in [6, 6.07) is 6.60. The fraction of sp³-hybridized carbons (Fsp3) is 0.611. The monoisotopic (exact) mass is 365 g/mol. The molecule has 6 nitrogen and oxygen atoms in total. The average molecular weight is 365 g/mol. The third-order valence-electron chi connectivity index (χ3n) is 5.17. The topological polar surface area (TPSA) is 78.5 Å². The Morgan fingerprint density at radius 2 is 1.88 bits per heavy atom. The molecule has 2 saturated heterocycles. The van der Waals surface area contributed by atoms with E-state index in [0.717, 1.165) is 32.2 Å². The van der Waals surface area contributed by atoms with Crippen molar-refractivity contribution < 1.29 is 13.2 Å². The summed E-state index contributed by atoms with van der Waals surface area (Å²) in [4.78, 5) is 12.5. The smallest absolute Gasteiger partial charge is 0.251 e. The molecule has 1 amide bonds. The van der Waals surface area contributed by atoms with Gasteiger partial charge in [0.25, 0.3) is 5.91 Å². The molecule has 7 heteroatoms. The van der Waals surface area contributed by atoms with Crippen molar-refractivity contribution in [1.82, 2.24) is 14.9 Å². The number of amides is 1. The Morgan fingerprint density at radius 1 is 1.20 bits per heavy atom. The van der Waals surface area contributed by atoms with Crippen LogP contribution in [0.25, 0.3) is 0 Å². The van der Waals surface area contributed by atoms with E-state index in [2.05, 4.69) is 17.6 Å². The van der Waals surface area contributed by atoms with Gasteiger partial charge in [-0.2, -0.15) is 4.31 Å². The molecule has 1 aromatic rings. The van der Waals surface area contributed by atoms with Crippen LogP contribution in [0.4, 0.5) is 0 Å². The van der Waals surface area contributed by atoms with E-state index in [-0.39, 0.29) is 10.8 Å². The van der Waals surface area contributed by atoms with Crippen molar-refractivity contribution in [1.29, 1.82) is 0 Å². The lowest BCUT2D eigenvalue weighted by Crippen LogP contribution is -2.38. The Labute approximate surface area is 150 Å². The summed E-state index contributed by atoms with van der Waals surface area (Å²) < 4.78 is 26.9. The van der Waals surface area contributed by atoms with Gasteiger partial charge in [0, 0.05) is 31.2 Å². The van der Waals surface area contributed by atoms with Gasteiger partial charge in [-0.25, -0.2) is 8.42 Å². The number of hydrogen-bond acceptors (Lipinski definition) is 4. The van der Waals surface area contributed by atoms with Gasteiger partial charge in [-0.15, -0.1) is 0 Å². The molecular formula is C18H27N3O3S. The van der Waals surface area contributed by atoms with Crippen LogP contribution in [0.15, 0.2) is 29.2 Å². The van der Waals surface area contributed by atoms with Crippen LogP contribution in [0, 0.1) is 5.92 Å². The zero-order valence-electron chi connectivity index (χ0n) is 14.7. The minimum Gasteiger partial charge on any atom is -0.350 e. The molecule has 0 radical (unpaired) electrons. The molecule has 2 heterocycles. The van der Waals surface area contributed by atoms with Crippen LogP contribution in [-0.4, -0.2) is 50.9 Å². The zero-order valence-corrected chi connectivity index (χ0v) is 15.5. The van der Waals surface area contributed by atoms with Crippen LogP contribution >= 0.6 is 0 Å². The number of piperidine rings is 1. The first-order chi connectivity index (χ1) is 12.0. The van der Waals surface area contributed by atoms with E-state index in [4.69, 9.17) is 0 Å². The number of rotatable bonds is 5. The number of hydrogen-bond donors (Lipinski definition) is 2. The summed E-state index contributed by atoms with van der Waals surface area (Å²) in [5.74, 6) is 0.413. The van der Waals surface area contributed by atoms with Crippen LogP contribution < -0.4 is 10.6 Å². The van der Waals surface area contributed by atoms with E-state index in [1.54, 1.807) is 16.4 Å². The van der Waals surface area contributed by atoms with Gasteiger partial charge in [-0.05, 0) is 62.4 Å². The van der Waals surface area contributed by atoms with Gasteiger partial charge in [0.2, 0.25) is 10.0 Å². The highest BCUT2D eigenvalue weighted by molar-refractivity contribution is 7.89. The molecule has 1 atom stereocenters. The second-order valence-electron chi connectivity index (χ2n) is 7.11. The maximum Gasteiger partial charge on any atom is 0.251 e. The fourth-order valence-electron chi connectivity index (χ4n) is 3.40. The molecule has 2 N–H and O–H groups in total. The summed E-state index contributed by atoms with van der Waals surface area (Å²) >= 11 is 0. The van der Waals surface area contributed by atoms with Crippen molar-refractivity contribution in [2.24, 2.45) is 5.92 Å². The largest absolute Gasteiger partial charge is 0.350 e. The first-order valence-electron chi connectivity index (χ1n) is 9.08. The van der Waals surface area contributed by atoms with E-state index in [1.165, 1.54) is 12.1 Å².